The highest BCUT2D eigenvalue weighted by molar-refractivity contribution is 8.15. The van der Waals surface area contributed by atoms with Crippen LogP contribution in [0.2, 0.25) is 0 Å². The first-order valence-electron chi connectivity index (χ1n) is 8.52. The second-order valence-corrected chi connectivity index (χ2v) is 9.18. The van der Waals surface area contributed by atoms with E-state index in [9.17, 15) is 9.18 Å². The summed E-state index contributed by atoms with van der Waals surface area (Å²) in [6, 6.07) is 4.45. The van der Waals surface area contributed by atoms with Gasteiger partial charge in [0.05, 0.1) is 17.4 Å². The molecule has 0 spiro atoms. The number of benzene rings is 1. The van der Waals surface area contributed by atoms with Crippen LogP contribution in [0.25, 0.3) is 0 Å². The van der Waals surface area contributed by atoms with Crippen LogP contribution in [0.1, 0.15) is 48.9 Å². The molecule has 0 unspecified atom stereocenters. The SMILES string of the molecule is Cc1cnc(C(=O)Nc2ccc(F)c([C@]3(C)CC(C)(C)SC(N)=N3)c2)cn1. The molecule has 0 aliphatic carbocycles. The number of rotatable bonds is 3. The standard InChI is InChI=1S/C19H22FN5OS/c1-11-8-23-15(9-22-11)16(26)24-12-5-6-14(20)13(7-12)19(4)10-18(2,3)27-17(21)25-19/h5-9H,10H2,1-4H3,(H2,21,25)(H,24,26)/t19-/m0/s1. The molecule has 1 aliphatic heterocycles. The molecule has 0 bridgehead atoms. The molecule has 0 saturated heterocycles. The summed E-state index contributed by atoms with van der Waals surface area (Å²) in [5, 5.41) is 3.17. The maximum atomic E-state index is 14.6. The summed E-state index contributed by atoms with van der Waals surface area (Å²) < 4.78 is 14.5. The number of anilines is 1. The second-order valence-electron chi connectivity index (χ2n) is 7.45. The molecular weight excluding hydrogens is 365 g/mol. The molecule has 27 heavy (non-hydrogen) atoms. The summed E-state index contributed by atoms with van der Waals surface area (Å²) in [4.78, 5) is 25.0. The Morgan fingerprint density at radius 3 is 2.63 bits per heavy atom. The van der Waals surface area contributed by atoms with Gasteiger partial charge in [0.25, 0.3) is 5.91 Å². The fourth-order valence-electron chi connectivity index (χ4n) is 3.33. The molecule has 8 heteroatoms. The number of nitrogens with one attached hydrogen (secondary N) is 1. The number of thioether (sulfide) groups is 1. The Morgan fingerprint density at radius 1 is 1.26 bits per heavy atom. The van der Waals surface area contributed by atoms with Crippen molar-refractivity contribution in [3.8, 4) is 0 Å². The third kappa shape index (κ3) is 4.27. The van der Waals surface area contributed by atoms with Gasteiger partial charge < -0.3 is 11.1 Å². The Hall–Kier alpha value is -2.48. The van der Waals surface area contributed by atoms with Crippen LogP contribution in [-0.2, 0) is 5.54 Å². The molecule has 6 nitrogen and oxygen atoms in total. The van der Waals surface area contributed by atoms with Crippen molar-refractivity contribution in [1.29, 1.82) is 0 Å². The van der Waals surface area contributed by atoms with Gasteiger partial charge in [-0.25, -0.2) is 9.37 Å². The van der Waals surface area contributed by atoms with Gasteiger partial charge in [-0.1, -0.05) is 25.6 Å². The second kappa shape index (κ2) is 6.92. The summed E-state index contributed by atoms with van der Waals surface area (Å²) in [7, 11) is 0. The number of hydrogen-bond donors (Lipinski definition) is 2. The molecule has 0 radical (unpaired) electrons. The molecule has 0 saturated carbocycles. The van der Waals surface area contributed by atoms with E-state index < -0.39 is 11.4 Å². The van der Waals surface area contributed by atoms with Crippen molar-refractivity contribution in [3.63, 3.8) is 0 Å². The van der Waals surface area contributed by atoms with Crippen LogP contribution in [0.3, 0.4) is 0 Å². The van der Waals surface area contributed by atoms with Crippen molar-refractivity contribution >= 4 is 28.5 Å². The van der Waals surface area contributed by atoms with Gasteiger partial charge >= 0.3 is 0 Å². The van der Waals surface area contributed by atoms with E-state index in [1.807, 2.05) is 6.92 Å². The van der Waals surface area contributed by atoms with Crippen LogP contribution in [0.4, 0.5) is 10.1 Å². The topological polar surface area (TPSA) is 93.3 Å². The number of aliphatic imine (C=N–C) groups is 1. The van der Waals surface area contributed by atoms with Gasteiger partial charge in [0.15, 0.2) is 5.17 Å². The summed E-state index contributed by atoms with van der Waals surface area (Å²) >= 11 is 1.48. The molecule has 2 aromatic rings. The third-order valence-corrected chi connectivity index (χ3v) is 5.32. The summed E-state index contributed by atoms with van der Waals surface area (Å²) in [5.74, 6) is -0.794. The van der Waals surface area contributed by atoms with Crippen molar-refractivity contribution in [3.05, 3.63) is 53.4 Å². The molecule has 3 N–H and O–H groups in total. The van der Waals surface area contributed by atoms with E-state index in [1.54, 1.807) is 13.0 Å². The molecule has 1 aromatic heterocycles. The minimum Gasteiger partial charge on any atom is -0.378 e. The zero-order valence-electron chi connectivity index (χ0n) is 15.7. The highest BCUT2D eigenvalue weighted by Crippen LogP contribution is 2.45. The molecule has 1 aliphatic rings. The molecule has 0 fully saturated rings. The number of hydrogen-bond acceptors (Lipinski definition) is 6. The fraction of sp³-hybridized carbons (Fsp3) is 0.368. The molecule has 2 heterocycles. The van der Waals surface area contributed by atoms with Crippen LogP contribution < -0.4 is 11.1 Å². The number of carbonyl (C=O) groups excluding carboxylic acids is 1. The molecule has 1 amide bonds. The van der Waals surface area contributed by atoms with E-state index in [0.29, 0.717) is 22.8 Å². The molecular formula is C19H22FN5OS. The van der Waals surface area contributed by atoms with E-state index in [1.165, 1.54) is 36.3 Å². The Morgan fingerprint density at radius 2 is 2.00 bits per heavy atom. The van der Waals surface area contributed by atoms with Gasteiger partial charge in [-0.15, -0.1) is 0 Å². The van der Waals surface area contributed by atoms with E-state index in [2.05, 4.69) is 34.1 Å². The van der Waals surface area contributed by atoms with Gasteiger partial charge in [-0.3, -0.25) is 14.8 Å². The monoisotopic (exact) mass is 387 g/mol. The lowest BCUT2D eigenvalue weighted by molar-refractivity contribution is 0.102. The Bertz CT molecular complexity index is 913. The van der Waals surface area contributed by atoms with Crippen molar-refractivity contribution < 1.29 is 9.18 Å². The lowest BCUT2D eigenvalue weighted by Gasteiger charge is -2.39. The quantitative estimate of drug-likeness (QED) is 0.839. The van der Waals surface area contributed by atoms with Crippen LogP contribution >= 0.6 is 11.8 Å². The van der Waals surface area contributed by atoms with E-state index in [0.717, 1.165) is 5.69 Å². The average Bonchev–Trinajstić information content (AvgIpc) is 2.54. The molecule has 1 aromatic carbocycles. The number of nitrogens with two attached hydrogens (primary N) is 1. The largest absolute Gasteiger partial charge is 0.378 e. The van der Waals surface area contributed by atoms with Gasteiger partial charge in [0, 0.05) is 22.2 Å². The summed E-state index contributed by atoms with van der Waals surface area (Å²) in [6.07, 6.45) is 3.54. The zero-order valence-corrected chi connectivity index (χ0v) is 16.5. The molecule has 1 atom stereocenters. The van der Waals surface area contributed by atoms with E-state index in [4.69, 9.17) is 5.73 Å². The van der Waals surface area contributed by atoms with Crippen molar-refractivity contribution in [2.45, 2.75) is 44.4 Å². The van der Waals surface area contributed by atoms with Gasteiger partial charge in [-0.2, -0.15) is 0 Å². The number of amides is 1. The Labute approximate surface area is 161 Å². The highest BCUT2D eigenvalue weighted by atomic mass is 32.2. The zero-order chi connectivity index (χ0) is 19.8. The Balaban J connectivity index is 1.92. The third-order valence-electron chi connectivity index (χ3n) is 4.33. The first kappa shape index (κ1) is 19.3. The predicted molar refractivity (Wildman–Crippen MR) is 106 cm³/mol. The predicted octanol–water partition coefficient (Wildman–Crippen LogP) is 3.62. The summed E-state index contributed by atoms with van der Waals surface area (Å²) in [6.45, 7) is 7.75. The van der Waals surface area contributed by atoms with Gasteiger partial charge in [-0.05, 0) is 38.5 Å². The van der Waals surface area contributed by atoms with Crippen LogP contribution in [-0.4, -0.2) is 25.8 Å². The van der Waals surface area contributed by atoms with Crippen LogP contribution in [0, 0.1) is 12.7 Å². The fourth-order valence-corrected chi connectivity index (χ4v) is 4.50. The normalized spacial score (nSPS) is 21.4. The smallest absolute Gasteiger partial charge is 0.275 e. The lowest BCUT2D eigenvalue weighted by Crippen LogP contribution is -2.38. The van der Waals surface area contributed by atoms with Crippen LogP contribution in [0.15, 0.2) is 35.6 Å². The lowest BCUT2D eigenvalue weighted by atomic mass is 9.83. The minimum atomic E-state index is -0.812. The van der Waals surface area contributed by atoms with Crippen LogP contribution in [0.5, 0.6) is 0 Å². The first-order chi connectivity index (χ1) is 12.6. The number of aromatic nitrogens is 2. The Kier molecular flexibility index (Phi) is 4.94. The van der Waals surface area contributed by atoms with E-state index in [-0.39, 0.29) is 16.3 Å². The number of carbonyl (C=O) groups is 1. The highest BCUT2D eigenvalue weighted by Gasteiger charge is 2.40. The van der Waals surface area contributed by atoms with Crippen molar-refractivity contribution in [2.24, 2.45) is 10.7 Å². The van der Waals surface area contributed by atoms with Crippen molar-refractivity contribution in [1.82, 2.24) is 9.97 Å². The van der Waals surface area contributed by atoms with Crippen molar-refractivity contribution in [2.75, 3.05) is 5.32 Å². The first-order valence-corrected chi connectivity index (χ1v) is 9.34. The average molecular weight is 387 g/mol. The molecule has 142 valence electrons. The number of amidine groups is 1. The number of halogens is 1. The summed E-state index contributed by atoms with van der Waals surface area (Å²) in [5.41, 5.74) is 6.94. The number of aryl methyl sites for hydroxylation is 1. The minimum absolute atomic E-state index is 0.177. The molecule has 3 rings (SSSR count). The van der Waals surface area contributed by atoms with Gasteiger partial charge in [0.2, 0.25) is 0 Å². The van der Waals surface area contributed by atoms with Gasteiger partial charge in [0.1, 0.15) is 11.5 Å². The number of nitrogens with zero attached hydrogens (tertiary/aromatic N) is 3. The maximum Gasteiger partial charge on any atom is 0.275 e. The van der Waals surface area contributed by atoms with E-state index >= 15 is 0 Å². The maximum absolute atomic E-state index is 14.6.